The summed E-state index contributed by atoms with van der Waals surface area (Å²) >= 11 is 0. The number of imide groups is 1. The van der Waals surface area contributed by atoms with Gasteiger partial charge in [-0.2, -0.15) is 0 Å². The molecule has 10 nitrogen and oxygen atoms in total. The third-order valence-corrected chi connectivity index (χ3v) is 5.17. The van der Waals surface area contributed by atoms with Crippen LogP contribution in [0.15, 0.2) is 0 Å². The molecule has 188 valence electrons. The number of likely N-dealkylation sites (tertiary alicyclic amines) is 1. The second-order valence-electron chi connectivity index (χ2n) is 9.81. The zero-order valence-electron chi connectivity index (χ0n) is 20.5. The lowest BCUT2D eigenvalue weighted by molar-refractivity contribution is -0.171. The Labute approximate surface area is 194 Å². The van der Waals surface area contributed by atoms with Crippen molar-refractivity contribution in [2.75, 3.05) is 6.54 Å². The number of carbonyl (C=O) groups is 5. The largest absolute Gasteiger partial charge is 0.459 e. The first-order chi connectivity index (χ1) is 15.0. The number of carbonyl (C=O) groups excluding carboxylic acids is 5. The topological polar surface area (TPSA) is 153 Å². The monoisotopic (exact) mass is 472 g/mol. The summed E-state index contributed by atoms with van der Waals surface area (Å²) in [6, 6.07) is -3.38. The van der Waals surface area contributed by atoms with Gasteiger partial charge in [-0.3, -0.25) is 24.0 Å². The second-order valence-corrected chi connectivity index (χ2v) is 9.81. The molecule has 11 heteroatoms. The summed E-state index contributed by atoms with van der Waals surface area (Å²) in [6.45, 7) is 10.7. The van der Waals surface area contributed by atoms with Gasteiger partial charge in [0, 0.05) is 6.54 Å². The lowest BCUT2D eigenvalue weighted by Gasteiger charge is -2.33. The van der Waals surface area contributed by atoms with Crippen molar-refractivity contribution in [2.24, 2.45) is 23.3 Å². The summed E-state index contributed by atoms with van der Waals surface area (Å²) in [5, 5.41) is 0. The zero-order chi connectivity index (χ0) is 25.8. The molecule has 1 aliphatic rings. The Morgan fingerprint density at radius 2 is 1.58 bits per heavy atom. The molecule has 0 radical (unpaired) electrons. The molecule has 0 aromatic carbocycles. The number of nitrogens with two attached hydrogens (primary N) is 2. The third kappa shape index (κ3) is 7.04. The van der Waals surface area contributed by atoms with E-state index in [4.69, 9.17) is 16.2 Å². The minimum absolute atomic E-state index is 0.143. The highest BCUT2D eigenvalue weighted by molar-refractivity contribution is 6.08. The van der Waals surface area contributed by atoms with Crippen LogP contribution in [0.4, 0.5) is 4.39 Å². The van der Waals surface area contributed by atoms with E-state index in [-0.39, 0.29) is 17.9 Å². The first kappa shape index (κ1) is 28.6. The van der Waals surface area contributed by atoms with Crippen molar-refractivity contribution in [1.29, 1.82) is 0 Å². The van der Waals surface area contributed by atoms with Crippen LogP contribution in [0.3, 0.4) is 0 Å². The van der Waals surface area contributed by atoms with E-state index >= 15 is 4.39 Å². The van der Waals surface area contributed by atoms with Gasteiger partial charge < -0.3 is 21.1 Å². The summed E-state index contributed by atoms with van der Waals surface area (Å²) in [5.74, 6) is -7.21. The van der Waals surface area contributed by atoms with Crippen molar-refractivity contribution in [3.05, 3.63) is 0 Å². The molecule has 0 aliphatic carbocycles. The number of esters is 1. The summed E-state index contributed by atoms with van der Waals surface area (Å²) < 4.78 is 20.9. The summed E-state index contributed by atoms with van der Waals surface area (Å²) in [5.41, 5.74) is 10.3. The smallest absolute Gasteiger partial charge is 0.317 e. The molecule has 4 unspecified atom stereocenters. The lowest BCUT2D eigenvalue weighted by Crippen LogP contribution is -2.59. The highest BCUT2D eigenvalue weighted by Gasteiger charge is 2.47. The second kappa shape index (κ2) is 11.1. The number of Topliss-reactive ketones (excluding diaryl/α,β-unsaturated/α-hetero) is 1. The number of hydrogen-bond acceptors (Lipinski definition) is 8. The third-order valence-electron chi connectivity index (χ3n) is 5.17. The fourth-order valence-corrected chi connectivity index (χ4v) is 3.62. The van der Waals surface area contributed by atoms with E-state index < -0.39 is 71.3 Å². The molecule has 0 spiro atoms. The normalized spacial score (nSPS) is 20.1. The van der Waals surface area contributed by atoms with Crippen LogP contribution in [-0.4, -0.2) is 75.8 Å². The van der Waals surface area contributed by atoms with Crippen LogP contribution in [-0.2, 0) is 28.7 Å². The number of hydrogen-bond donors (Lipinski definition) is 2. The van der Waals surface area contributed by atoms with Gasteiger partial charge in [0.25, 0.3) is 5.91 Å². The van der Waals surface area contributed by atoms with Gasteiger partial charge in [-0.05, 0) is 53.4 Å². The molecule has 1 heterocycles. The highest BCUT2D eigenvalue weighted by atomic mass is 19.1. The van der Waals surface area contributed by atoms with Crippen LogP contribution in [0.25, 0.3) is 0 Å². The molecule has 0 bridgehead atoms. The number of ether oxygens (including phenoxy) is 1. The van der Waals surface area contributed by atoms with Crippen LogP contribution in [0.5, 0.6) is 0 Å². The van der Waals surface area contributed by atoms with Crippen LogP contribution >= 0.6 is 0 Å². The fraction of sp³-hybridized carbons (Fsp3) is 0.773. The van der Waals surface area contributed by atoms with E-state index in [9.17, 15) is 24.0 Å². The standard InChI is InChI=1S/C22H37FN4O6/c1-11(2)15(21(32)33-22(5,6)7)16(28)17(23)27(19(30)13(4)25)20(31)14-9-8-10-26(14)18(29)12(3)24/h11-15,17H,8-10,24-25H2,1-7H3/t12?,13?,14?,15-,17?/m0/s1. The van der Waals surface area contributed by atoms with Crippen LogP contribution in [0.2, 0.25) is 0 Å². The van der Waals surface area contributed by atoms with Crippen molar-refractivity contribution in [2.45, 2.75) is 91.3 Å². The van der Waals surface area contributed by atoms with E-state index in [2.05, 4.69) is 0 Å². The molecule has 1 saturated heterocycles. The Bertz CT molecular complexity index is 777. The maximum atomic E-state index is 15.6. The molecule has 0 saturated carbocycles. The van der Waals surface area contributed by atoms with Crippen molar-refractivity contribution >= 4 is 29.5 Å². The number of ketones is 1. The van der Waals surface area contributed by atoms with Gasteiger partial charge >= 0.3 is 5.97 Å². The average molecular weight is 473 g/mol. The highest BCUT2D eigenvalue weighted by Crippen LogP contribution is 2.26. The number of alkyl halides is 1. The Morgan fingerprint density at radius 1 is 1.03 bits per heavy atom. The van der Waals surface area contributed by atoms with Crippen LogP contribution in [0, 0.1) is 11.8 Å². The Balaban J connectivity index is 3.34. The minimum atomic E-state index is -2.77. The SMILES string of the molecule is CC(N)C(=O)N1CCCC1C(=O)N(C(=O)C(C)N)C(F)C(=O)[C@@H](C(=O)OC(C)(C)C)C(C)C. The molecule has 1 aliphatic heterocycles. The quantitative estimate of drug-likeness (QED) is 0.294. The predicted molar refractivity (Wildman–Crippen MR) is 118 cm³/mol. The number of rotatable bonds is 8. The number of amides is 3. The van der Waals surface area contributed by atoms with Gasteiger partial charge in [-0.25, -0.2) is 9.29 Å². The number of nitrogens with zero attached hydrogens (tertiary/aromatic N) is 2. The molecule has 3 amide bonds. The summed E-state index contributed by atoms with van der Waals surface area (Å²) in [6.07, 6.45) is -2.17. The Kier molecular flexibility index (Phi) is 9.67. The Morgan fingerprint density at radius 3 is 2.00 bits per heavy atom. The van der Waals surface area contributed by atoms with Gasteiger partial charge in [-0.15, -0.1) is 0 Å². The van der Waals surface area contributed by atoms with Crippen molar-refractivity contribution in [3.63, 3.8) is 0 Å². The van der Waals surface area contributed by atoms with Gasteiger partial charge in [0.1, 0.15) is 17.6 Å². The fourth-order valence-electron chi connectivity index (χ4n) is 3.62. The van der Waals surface area contributed by atoms with Crippen molar-refractivity contribution in [1.82, 2.24) is 9.80 Å². The van der Waals surface area contributed by atoms with Crippen molar-refractivity contribution < 1.29 is 33.1 Å². The van der Waals surface area contributed by atoms with E-state index in [1.807, 2.05) is 0 Å². The molecular formula is C22H37FN4O6. The maximum absolute atomic E-state index is 15.6. The predicted octanol–water partition coefficient (Wildman–Crippen LogP) is 0.506. The summed E-state index contributed by atoms with van der Waals surface area (Å²) in [4.78, 5) is 65.4. The first-order valence-corrected chi connectivity index (χ1v) is 11.1. The summed E-state index contributed by atoms with van der Waals surface area (Å²) in [7, 11) is 0. The lowest BCUT2D eigenvalue weighted by atomic mass is 9.90. The van der Waals surface area contributed by atoms with Gasteiger partial charge in [0.2, 0.25) is 23.9 Å². The minimum Gasteiger partial charge on any atom is -0.459 e. The molecular weight excluding hydrogens is 435 g/mol. The van der Waals surface area contributed by atoms with Gasteiger partial charge in [0.05, 0.1) is 12.1 Å². The van der Waals surface area contributed by atoms with Crippen LogP contribution < -0.4 is 11.5 Å². The van der Waals surface area contributed by atoms with E-state index in [0.717, 1.165) is 0 Å². The van der Waals surface area contributed by atoms with Crippen molar-refractivity contribution in [3.8, 4) is 0 Å². The molecule has 1 rings (SSSR count). The zero-order valence-corrected chi connectivity index (χ0v) is 20.5. The van der Waals surface area contributed by atoms with E-state index in [1.165, 1.54) is 32.6 Å². The molecule has 0 aromatic rings. The van der Waals surface area contributed by atoms with Gasteiger partial charge in [0.15, 0.2) is 0 Å². The molecule has 5 atom stereocenters. The maximum Gasteiger partial charge on any atom is 0.317 e. The van der Waals surface area contributed by atoms with E-state index in [1.54, 1.807) is 20.8 Å². The molecule has 1 fully saturated rings. The molecule has 33 heavy (non-hydrogen) atoms. The average Bonchev–Trinajstić information content (AvgIpc) is 3.14. The number of halogens is 1. The Hall–Kier alpha value is -2.40. The van der Waals surface area contributed by atoms with E-state index in [0.29, 0.717) is 6.42 Å². The van der Waals surface area contributed by atoms with Crippen LogP contribution in [0.1, 0.15) is 61.3 Å². The molecule has 0 aromatic heterocycles. The first-order valence-electron chi connectivity index (χ1n) is 11.1. The van der Waals surface area contributed by atoms with Gasteiger partial charge in [-0.1, -0.05) is 13.8 Å². The molecule has 4 N–H and O–H groups in total.